The average molecular weight is 330 g/mol. The lowest BCUT2D eigenvalue weighted by Crippen LogP contribution is -2.23. The van der Waals surface area contributed by atoms with Crippen molar-refractivity contribution in [1.29, 1.82) is 0 Å². The van der Waals surface area contributed by atoms with Crippen LogP contribution in [0.25, 0.3) is 11.1 Å². The number of carbonyl (C=O) groups excluding carboxylic acids is 2. The molecule has 0 fully saturated rings. The summed E-state index contributed by atoms with van der Waals surface area (Å²) in [6.07, 6.45) is 4.26. The van der Waals surface area contributed by atoms with Gasteiger partial charge in [-0.15, -0.1) is 0 Å². The Hall–Kier alpha value is -3.27. The fourth-order valence-corrected chi connectivity index (χ4v) is 2.64. The first-order valence-corrected chi connectivity index (χ1v) is 8.01. The molecule has 0 saturated heterocycles. The minimum absolute atomic E-state index is 0.134. The minimum atomic E-state index is -0.134. The predicted octanol–water partition coefficient (Wildman–Crippen LogP) is 3.80. The van der Waals surface area contributed by atoms with Gasteiger partial charge in [-0.25, -0.2) is 0 Å². The van der Waals surface area contributed by atoms with Gasteiger partial charge in [0.25, 0.3) is 5.91 Å². The first kappa shape index (κ1) is 16.6. The van der Waals surface area contributed by atoms with Gasteiger partial charge in [-0.1, -0.05) is 30.3 Å². The van der Waals surface area contributed by atoms with Crippen LogP contribution < -0.4 is 5.32 Å². The molecule has 4 heteroatoms. The Bertz CT molecular complexity index is 905. The zero-order chi connectivity index (χ0) is 17.6. The second-order valence-corrected chi connectivity index (χ2v) is 5.81. The third kappa shape index (κ3) is 3.98. The number of aryl methyl sites for hydroxylation is 1. The molecule has 0 unspecified atom stereocenters. The lowest BCUT2D eigenvalue weighted by atomic mass is 10.00. The molecule has 0 aliphatic heterocycles. The molecular weight excluding hydrogens is 312 g/mol. The average Bonchev–Trinajstić information content (AvgIpc) is 2.67. The molecular formula is C21H18N2O2. The van der Waals surface area contributed by atoms with Crippen molar-refractivity contribution in [2.75, 3.05) is 0 Å². The normalized spacial score (nSPS) is 10.3. The highest BCUT2D eigenvalue weighted by molar-refractivity contribution is 5.96. The van der Waals surface area contributed by atoms with Crippen LogP contribution in [0, 0.1) is 6.92 Å². The van der Waals surface area contributed by atoms with Gasteiger partial charge in [0, 0.05) is 30.1 Å². The summed E-state index contributed by atoms with van der Waals surface area (Å²) in [7, 11) is 0. The van der Waals surface area contributed by atoms with Crippen molar-refractivity contribution in [3.63, 3.8) is 0 Å². The fourth-order valence-electron chi connectivity index (χ4n) is 2.64. The quantitative estimate of drug-likeness (QED) is 0.724. The van der Waals surface area contributed by atoms with Crippen LogP contribution in [0.2, 0.25) is 0 Å². The van der Waals surface area contributed by atoms with Crippen LogP contribution in [-0.2, 0) is 6.54 Å². The summed E-state index contributed by atoms with van der Waals surface area (Å²) in [6, 6.07) is 16.9. The lowest BCUT2D eigenvalue weighted by molar-refractivity contribution is 0.0950. The van der Waals surface area contributed by atoms with Gasteiger partial charge in [0.1, 0.15) is 6.29 Å². The highest BCUT2D eigenvalue weighted by Crippen LogP contribution is 2.22. The van der Waals surface area contributed by atoms with Crippen LogP contribution in [-0.4, -0.2) is 17.2 Å². The van der Waals surface area contributed by atoms with Crippen LogP contribution in [0.3, 0.4) is 0 Å². The van der Waals surface area contributed by atoms with Crippen LogP contribution in [0.4, 0.5) is 0 Å². The van der Waals surface area contributed by atoms with E-state index >= 15 is 0 Å². The van der Waals surface area contributed by atoms with Crippen LogP contribution in [0.1, 0.15) is 31.8 Å². The molecule has 1 N–H and O–H groups in total. The number of pyridine rings is 1. The van der Waals surface area contributed by atoms with Crippen molar-refractivity contribution in [2.24, 2.45) is 0 Å². The molecule has 0 spiro atoms. The topological polar surface area (TPSA) is 59.1 Å². The zero-order valence-electron chi connectivity index (χ0n) is 13.9. The molecule has 0 bridgehead atoms. The van der Waals surface area contributed by atoms with Crippen molar-refractivity contribution in [2.45, 2.75) is 13.5 Å². The summed E-state index contributed by atoms with van der Waals surface area (Å²) in [5, 5.41) is 2.92. The van der Waals surface area contributed by atoms with E-state index in [0.717, 1.165) is 28.5 Å². The van der Waals surface area contributed by atoms with E-state index in [9.17, 15) is 9.59 Å². The molecule has 0 radical (unpaired) electrons. The van der Waals surface area contributed by atoms with Crippen molar-refractivity contribution in [1.82, 2.24) is 10.3 Å². The van der Waals surface area contributed by atoms with Crippen LogP contribution >= 0.6 is 0 Å². The Morgan fingerprint density at radius 1 is 1.04 bits per heavy atom. The first-order chi connectivity index (χ1) is 12.2. The summed E-state index contributed by atoms with van der Waals surface area (Å²) in [5.74, 6) is -0.134. The Balaban J connectivity index is 1.78. The Morgan fingerprint density at radius 3 is 2.60 bits per heavy atom. The van der Waals surface area contributed by atoms with E-state index < -0.39 is 0 Å². The smallest absolute Gasteiger partial charge is 0.251 e. The molecule has 0 aliphatic rings. The van der Waals surface area contributed by atoms with E-state index in [4.69, 9.17) is 0 Å². The van der Waals surface area contributed by atoms with Crippen molar-refractivity contribution in [3.05, 3.63) is 89.2 Å². The molecule has 1 amide bonds. The third-order valence-electron chi connectivity index (χ3n) is 4.04. The highest BCUT2D eigenvalue weighted by atomic mass is 16.1. The molecule has 2 aromatic carbocycles. The minimum Gasteiger partial charge on any atom is -0.348 e. The van der Waals surface area contributed by atoms with Crippen molar-refractivity contribution >= 4 is 12.2 Å². The van der Waals surface area contributed by atoms with Gasteiger partial charge < -0.3 is 5.32 Å². The van der Waals surface area contributed by atoms with Gasteiger partial charge in [0.15, 0.2) is 0 Å². The number of nitrogens with one attached hydrogen (secondary N) is 1. The first-order valence-electron chi connectivity index (χ1n) is 8.01. The van der Waals surface area contributed by atoms with Gasteiger partial charge in [-0.05, 0) is 53.4 Å². The summed E-state index contributed by atoms with van der Waals surface area (Å²) >= 11 is 0. The van der Waals surface area contributed by atoms with Gasteiger partial charge in [-0.2, -0.15) is 0 Å². The number of benzene rings is 2. The number of aromatic nitrogens is 1. The van der Waals surface area contributed by atoms with E-state index in [-0.39, 0.29) is 5.91 Å². The molecule has 3 aromatic rings. The Morgan fingerprint density at radius 2 is 1.84 bits per heavy atom. The number of hydrogen-bond acceptors (Lipinski definition) is 3. The fraction of sp³-hybridized carbons (Fsp3) is 0.0952. The standard InChI is InChI=1S/C21H18N2O2/c1-15-5-6-19(18-7-9-22-10-8-18)12-20(15)21(25)23-13-16-3-2-4-17(11-16)14-24/h2-12,14H,13H2,1H3,(H,23,25). The molecule has 4 nitrogen and oxygen atoms in total. The van der Waals surface area contributed by atoms with Crippen molar-refractivity contribution < 1.29 is 9.59 Å². The van der Waals surface area contributed by atoms with Gasteiger partial charge in [0.2, 0.25) is 0 Å². The summed E-state index contributed by atoms with van der Waals surface area (Å²) in [6.45, 7) is 2.29. The largest absolute Gasteiger partial charge is 0.348 e. The molecule has 0 atom stereocenters. The van der Waals surface area contributed by atoms with E-state index in [1.807, 2.05) is 43.3 Å². The Labute approximate surface area is 146 Å². The maximum Gasteiger partial charge on any atom is 0.251 e. The van der Waals surface area contributed by atoms with Crippen LogP contribution in [0.5, 0.6) is 0 Å². The molecule has 0 saturated carbocycles. The SMILES string of the molecule is Cc1ccc(-c2ccncc2)cc1C(=O)NCc1cccc(C=O)c1. The highest BCUT2D eigenvalue weighted by Gasteiger charge is 2.10. The maximum absolute atomic E-state index is 12.6. The molecule has 3 rings (SSSR count). The maximum atomic E-state index is 12.6. The number of hydrogen-bond donors (Lipinski definition) is 1. The number of nitrogens with zero attached hydrogens (tertiary/aromatic N) is 1. The van der Waals surface area contributed by atoms with Gasteiger partial charge >= 0.3 is 0 Å². The van der Waals surface area contributed by atoms with Gasteiger partial charge in [-0.3, -0.25) is 14.6 Å². The molecule has 124 valence electrons. The monoisotopic (exact) mass is 330 g/mol. The summed E-state index contributed by atoms with van der Waals surface area (Å²) in [4.78, 5) is 27.4. The molecule has 0 aliphatic carbocycles. The lowest BCUT2D eigenvalue weighted by Gasteiger charge is -2.10. The number of rotatable bonds is 5. The number of aldehydes is 1. The third-order valence-corrected chi connectivity index (χ3v) is 4.04. The van der Waals surface area contributed by atoms with E-state index in [1.165, 1.54) is 0 Å². The number of amides is 1. The second kappa shape index (κ2) is 7.53. The van der Waals surface area contributed by atoms with E-state index in [2.05, 4.69) is 10.3 Å². The summed E-state index contributed by atoms with van der Waals surface area (Å²) in [5.41, 5.74) is 5.03. The van der Waals surface area contributed by atoms with Crippen LogP contribution in [0.15, 0.2) is 67.0 Å². The molecule has 25 heavy (non-hydrogen) atoms. The number of carbonyl (C=O) groups is 2. The van der Waals surface area contributed by atoms with E-state index in [0.29, 0.717) is 17.7 Å². The molecule has 1 aromatic heterocycles. The second-order valence-electron chi connectivity index (χ2n) is 5.81. The predicted molar refractivity (Wildman–Crippen MR) is 97.4 cm³/mol. The molecule has 1 heterocycles. The summed E-state index contributed by atoms with van der Waals surface area (Å²) < 4.78 is 0. The zero-order valence-corrected chi connectivity index (χ0v) is 13.9. The van der Waals surface area contributed by atoms with Crippen molar-refractivity contribution in [3.8, 4) is 11.1 Å². The Kier molecular flexibility index (Phi) is 5.00. The van der Waals surface area contributed by atoms with E-state index in [1.54, 1.807) is 30.6 Å². The van der Waals surface area contributed by atoms with Gasteiger partial charge in [0.05, 0.1) is 0 Å².